The number of nitrogens with zero attached hydrogens (tertiary/aromatic N) is 2. The summed E-state index contributed by atoms with van der Waals surface area (Å²) in [6, 6.07) is 18.8. The molecule has 5 nitrogen and oxygen atoms in total. The predicted molar refractivity (Wildman–Crippen MR) is 111 cm³/mol. The molecule has 1 heterocycles. The topological polar surface area (TPSA) is 64.0 Å². The monoisotopic (exact) mass is 394 g/mol. The van der Waals surface area contributed by atoms with Crippen LogP contribution in [0.2, 0.25) is 5.02 Å². The first-order valence-electron chi connectivity index (χ1n) is 8.93. The molecule has 0 aromatic heterocycles. The summed E-state index contributed by atoms with van der Waals surface area (Å²) in [4.78, 5) is 17.0. The van der Waals surface area contributed by atoms with Crippen LogP contribution in [0.1, 0.15) is 6.92 Å². The van der Waals surface area contributed by atoms with Gasteiger partial charge in [0, 0.05) is 22.9 Å². The lowest BCUT2D eigenvalue weighted by Crippen LogP contribution is -2.32. The maximum atomic E-state index is 13.3. The van der Waals surface area contributed by atoms with Gasteiger partial charge in [-0.05, 0) is 66.7 Å². The van der Waals surface area contributed by atoms with Crippen molar-refractivity contribution in [2.45, 2.75) is 6.92 Å². The maximum absolute atomic E-state index is 13.3. The number of carbonyl (C=O) groups is 1. The number of hydrogen-bond donors (Lipinski definition) is 2. The van der Waals surface area contributed by atoms with Gasteiger partial charge in [-0.25, -0.2) is 0 Å². The highest BCUT2D eigenvalue weighted by atomic mass is 35.5. The Bertz CT molecular complexity index is 1020. The molecular formula is C22H19ClN2O3. The number of anilines is 4. The molecule has 0 radical (unpaired) electrons. The standard InChI is InChI=1S/C22H19ClN2O3/c1-14-13-24(16-3-7-18(26)8-4-16)21-12-15(23)2-11-20(21)25(22(14)28)17-5-9-19(27)10-6-17/h2-12,14,26-27H,13H2,1H3. The second-order valence-electron chi connectivity index (χ2n) is 6.85. The molecule has 1 atom stereocenters. The highest BCUT2D eigenvalue weighted by Crippen LogP contribution is 2.43. The van der Waals surface area contributed by atoms with Crippen molar-refractivity contribution in [3.63, 3.8) is 0 Å². The molecule has 0 saturated heterocycles. The molecule has 0 fully saturated rings. The zero-order valence-corrected chi connectivity index (χ0v) is 16.0. The SMILES string of the molecule is CC1CN(c2ccc(O)cc2)c2cc(Cl)ccc2N(c2ccc(O)cc2)C1=O. The first kappa shape index (κ1) is 18.2. The summed E-state index contributed by atoms with van der Waals surface area (Å²) in [6.45, 7) is 2.35. The number of fused-ring (bicyclic) bond motifs is 1. The summed E-state index contributed by atoms with van der Waals surface area (Å²) < 4.78 is 0. The summed E-state index contributed by atoms with van der Waals surface area (Å²) in [5.41, 5.74) is 3.03. The Hall–Kier alpha value is -3.18. The van der Waals surface area contributed by atoms with Gasteiger partial charge in [0.05, 0.1) is 17.3 Å². The Morgan fingerprint density at radius 3 is 2.04 bits per heavy atom. The van der Waals surface area contributed by atoms with Gasteiger partial charge in [0.2, 0.25) is 5.91 Å². The molecule has 3 aromatic rings. The van der Waals surface area contributed by atoms with Crippen LogP contribution >= 0.6 is 11.6 Å². The second-order valence-corrected chi connectivity index (χ2v) is 7.29. The van der Waals surface area contributed by atoms with Crippen LogP contribution in [0.4, 0.5) is 22.7 Å². The summed E-state index contributed by atoms with van der Waals surface area (Å²) in [5, 5.41) is 19.8. The van der Waals surface area contributed by atoms with Gasteiger partial charge in [-0.3, -0.25) is 9.69 Å². The number of aromatic hydroxyl groups is 2. The fourth-order valence-electron chi connectivity index (χ4n) is 3.44. The smallest absolute Gasteiger partial charge is 0.236 e. The molecule has 142 valence electrons. The minimum absolute atomic E-state index is 0.0458. The Balaban J connectivity index is 1.91. The van der Waals surface area contributed by atoms with E-state index < -0.39 is 0 Å². The minimum atomic E-state index is -0.297. The van der Waals surface area contributed by atoms with Crippen molar-refractivity contribution in [2.24, 2.45) is 5.92 Å². The molecule has 28 heavy (non-hydrogen) atoms. The molecule has 0 spiro atoms. The molecule has 1 amide bonds. The van der Waals surface area contributed by atoms with Gasteiger partial charge in [-0.1, -0.05) is 18.5 Å². The summed E-state index contributed by atoms with van der Waals surface area (Å²) in [7, 11) is 0. The lowest BCUT2D eigenvalue weighted by atomic mass is 10.1. The first-order chi connectivity index (χ1) is 13.4. The Kier molecular flexibility index (Phi) is 4.61. The van der Waals surface area contributed by atoms with Crippen molar-refractivity contribution in [2.75, 3.05) is 16.3 Å². The fraction of sp³-hybridized carbons (Fsp3) is 0.136. The van der Waals surface area contributed by atoms with Gasteiger partial charge in [0.25, 0.3) is 0 Å². The van der Waals surface area contributed by atoms with Crippen LogP contribution in [0.3, 0.4) is 0 Å². The molecule has 1 unspecified atom stereocenters. The molecule has 1 aliphatic heterocycles. The van der Waals surface area contributed by atoms with Crippen molar-refractivity contribution in [3.05, 3.63) is 71.8 Å². The predicted octanol–water partition coefficient (Wildman–Crippen LogP) is 5.20. The van der Waals surface area contributed by atoms with Crippen molar-refractivity contribution in [1.29, 1.82) is 0 Å². The van der Waals surface area contributed by atoms with Gasteiger partial charge < -0.3 is 15.1 Å². The average molecular weight is 395 g/mol. The molecule has 3 aromatic carbocycles. The van der Waals surface area contributed by atoms with Crippen LogP contribution in [0, 0.1) is 5.92 Å². The number of halogens is 1. The number of phenols is 2. The normalized spacial score (nSPS) is 16.6. The zero-order valence-electron chi connectivity index (χ0n) is 15.2. The van der Waals surface area contributed by atoms with Crippen molar-refractivity contribution in [3.8, 4) is 11.5 Å². The molecule has 6 heteroatoms. The van der Waals surface area contributed by atoms with E-state index in [0.29, 0.717) is 22.9 Å². The number of phenolic OH excluding ortho intramolecular Hbond substituents is 2. The quantitative estimate of drug-likeness (QED) is 0.626. The van der Waals surface area contributed by atoms with Crippen LogP contribution < -0.4 is 9.80 Å². The molecule has 2 N–H and O–H groups in total. The fourth-order valence-corrected chi connectivity index (χ4v) is 3.60. The maximum Gasteiger partial charge on any atom is 0.236 e. The van der Waals surface area contributed by atoms with Crippen molar-refractivity contribution < 1.29 is 15.0 Å². The number of amides is 1. The Morgan fingerprint density at radius 2 is 1.43 bits per heavy atom. The number of rotatable bonds is 2. The highest BCUT2D eigenvalue weighted by molar-refractivity contribution is 6.31. The van der Waals surface area contributed by atoms with Crippen LogP contribution in [0.15, 0.2) is 66.7 Å². The van der Waals surface area contributed by atoms with E-state index in [1.807, 2.05) is 36.1 Å². The van der Waals surface area contributed by atoms with Crippen molar-refractivity contribution in [1.82, 2.24) is 0 Å². The van der Waals surface area contributed by atoms with E-state index in [2.05, 4.69) is 0 Å². The third-order valence-corrected chi connectivity index (χ3v) is 5.07. The third kappa shape index (κ3) is 3.25. The molecule has 4 rings (SSSR count). The van der Waals surface area contributed by atoms with E-state index in [9.17, 15) is 15.0 Å². The van der Waals surface area contributed by atoms with Gasteiger partial charge in [0.1, 0.15) is 11.5 Å². The van der Waals surface area contributed by atoms with Crippen LogP contribution in [-0.4, -0.2) is 22.7 Å². The third-order valence-electron chi connectivity index (χ3n) is 4.84. The van der Waals surface area contributed by atoms with E-state index in [4.69, 9.17) is 11.6 Å². The minimum Gasteiger partial charge on any atom is -0.508 e. The van der Waals surface area contributed by atoms with Gasteiger partial charge >= 0.3 is 0 Å². The van der Waals surface area contributed by atoms with E-state index >= 15 is 0 Å². The Labute approximate surface area is 168 Å². The first-order valence-corrected chi connectivity index (χ1v) is 9.31. The highest BCUT2D eigenvalue weighted by Gasteiger charge is 2.33. The lowest BCUT2D eigenvalue weighted by Gasteiger charge is -2.27. The largest absolute Gasteiger partial charge is 0.508 e. The van der Waals surface area contributed by atoms with E-state index in [-0.39, 0.29) is 23.3 Å². The Morgan fingerprint density at radius 1 is 0.857 bits per heavy atom. The molecule has 0 bridgehead atoms. The zero-order chi connectivity index (χ0) is 19.8. The summed E-state index contributed by atoms with van der Waals surface area (Å²) in [5.74, 6) is -0.0230. The van der Waals surface area contributed by atoms with E-state index in [1.165, 1.54) is 0 Å². The van der Waals surface area contributed by atoms with Gasteiger partial charge in [-0.15, -0.1) is 0 Å². The van der Waals surface area contributed by atoms with Crippen LogP contribution in [-0.2, 0) is 4.79 Å². The van der Waals surface area contributed by atoms with Crippen LogP contribution in [0.25, 0.3) is 0 Å². The van der Waals surface area contributed by atoms with Gasteiger partial charge in [0.15, 0.2) is 0 Å². The molecule has 0 aliphatic carbocycles. The summed E-state index contributed by atoms with van der Waals surface area (Å²) >= 11 is 6.29. The molecule has 1 aliphatic rings. The van der Waals surface area contributed by atoms with E-state index in [0.717, 1.165) is 11.4 Å². The van der Waals surface area contributed by atoms with Gasteiger partial charge in [-0.2, -0.15) is 0 Å². The van der Waals surface area contributed by atoms with Crippen LogP contribution in [0.5, 0.6) is 11.5 Å². The molecular weight excluding hydrogens is 376 g/mol. The van der Waals surface area contributed by atoms with Crippen molar-refractivity contribution >= 4 is 40.3 Å². The molecule has 0 saturated carbocycles. The number of hydrogen-bond acceptors (Lipinski definition) is 4. The van der Waals surface area contributed by atoms with E-state index in [1.54, 1.807) is 47.4 Å². The number of carbonyl (C=O) groups excluding carboxylic acids is 1. The second kappa shape index (κ2) is 7.09. The lowest BCUT2D eigenvalue weighted by molar-refractivity contribution is -0.120. The average Bonchev–Trinajstić information content (AvgIpc) is 2.79. The summed E-state index contributed by atoms with van der Waals surface area (Å²) in [6.07, 6.45) is 0. The number of benzene rings is 3.